The van der Waals surface area contributed by atoms with Gasteiger partial charge in [0.05, 0.1) is 17.1 Å². The molecule has 21 heavy (non-hydrogen) atoms. The second-order valence-electron chi connectivity index (χ2n) is 5.41. The van der Waals surface area contributed by atoms with Gasteiger partial charge in [0, 0.05) is 0 Å². The van der Waals surface area contributed by atoms with Crippen LogP contribution in [0.4, 0.5) is 5.69 Å². The number of nitrogens with one attached hydrogen (secondary N) is 1. The minimum Gasteiger partial charge on any atom is -0.281 e. The van der Waals surface area contributed by atoms with Crippen molar-refractivity contribution in [2.45, 2.75) is 27.7 Å². The third-order valence-corrected chi connectivity index (χ3v) is 4.46. The maximum Gasteiger partial charge on any atom is 0.233 e. The van der Waals surface area contributed by atoms with Crippen LogP contribution in [0.15, 0.2) is 24.3 Å². The molecule has 0 atom stereocenters. The topological polar surface area (TPSA) is 76.9 Å². The van der Waals surface area contributed by atoms with E-state index in [1.165, 1.54) is 0 Å². The Morgan fingerprint density at radius 2 is 1.90 bits per heavy atom. The Labute approximate surface area is 125 Å². The molecule has 0 saturated carbocycles. The highest BCUT2D eigenvalue weighted by Gasteiger charge is 2.16. The number of aromatic nitrogens is 3. The zero-order chi connectivity index (χ0) is 15.6. The summed E-state index contributed by atoms with van der Waals surface area (Å²) in [7, 11) is -3.38. The lowest BCUT2D eigenvalue weighted by Crippen LogP contribution is -2.21. The number of rotatable bonds is 5. The number of hydrogen-bond acceptors (Lipinski definition) is 4. The lowest BCUT2D eigenvalue weighted by atomic mass is 10.3. The highest BCUT2D eigenvalue weighted by atomic mass is 32.2. The summed E-state index contributed by atoms with van der Waals surface area (Å²) in [6.07, 6.45) is 0. The van der Waals surface area contributed by atoms with Gasteiger partial charge in [0.15, 0.2) is 0 Å². The van der Waals surface area contributed by atoms with Crippen molar-refractivity contribution >= 4 is 15.7 Å². The van der Waals surface area contributed by atoms with Gasteiger partial charge in [0.25, 0.3) is 0 Å². The van der Waals surface area contributed by atoms with Gasteiger partial charge in [-0.15, -0.1) is 0 Å². The summed E-state index contributed by atoms with van der Waals surface area (Å²) < 4.78 is 28.5. The predicted molar refractivity (Wildman–Crippen MR) is 83.1 cm³/mol. The van der Waals surface area contributed by atoms with Gasteiger partial charge in [-0.3, -0.25) is 4.72 Å². The van der Waals surface area contributed by atoms with Crippen LogP contribution < -0.4 is 4.72 Å². The molecule has 0 aliphatic carbocycles. The van der Waals surface area contributed by atoms with Crippen LogP contribution >= 0.6 is 0 Å². The smallest absolute Gasteiger partial charge is 0.233 e. The summed E-state index contributed by atoms with van der Waals surface area (Å²) in [5.41, 5.74) is 1.18. The number of nitrogens with zero attached hydrogens (tertiary/aromatic N) is 3. The van der Waals surface area contributed by atoms with E-state index < -0.39 is 10.0 Å². The summed E-state index contributed by atoms with van der Waals surface area (Å²) in [5.74, 6) is 1.50. The van der Waals surface area contributed by atoms with E-state index >= 15 is 0 Å². The minimum absolute atomic E-state index is 0.0602. The molecule has 0 aliphatic heterocycles. The molecule has 2 aromatic rings. The van der Waals surface area contributed by atoms with Crippen LogP contribution in [-0.2, 0) is 10.0 Å². The van der Waals surface area contributed by atoms with E-state index in [1.54, 1.807) is 23.7 Å². The highest BCUT2D eigenvalue weighted by Crippen LogP contribution is 2.22. The van der Waals surface area contributed by atoms with Crippen molar-refractivity contribution in [2.24, 2.45) is 5.92 Å². The van der Waals surface area contributed by atoms with Crippen molar-refractivity contribution in [3.05, 3.63) is 35.9 Å². The van der Waals surface area contributed by atoms with Crippen molar-refractivity contribution in [3.63, 3.8) is 0 Å². The summed E-state index contributed by atoms with van der Waals surface area (Å²) in [4.78, 5) is 4.25. The van der Waals surface area contributed by atoms with Crippen LogP contribution in [0.1, 0.15) is 25.5 Å². The van der Waals surface area contributed by atoms with Crippen LogP contribution in [0.3, 0.4) is 0 Å². The fraction of sp³-hybridized carbons (Fsp3) is 0.429. The van der Waals surface area contributed by atoms with E-state index in [2.05, 4.69) is 14.8 Å². The first-order chi connectivity index (χ1) is 9.78. The molecule has 0 radical (unpaired) electrons. The van der Waals surface area contributed by atoms with Crippen LogP contribution in [0.25, 0.3) is 5.69 Å². The van der Waals surface area contributed by atoms with Crippen molar-refractivity contribution in [2.75, 3.05) is 10.5 Å². The monoisotopic (exact) mass is 308 g/mol. The molecule has 0 saturated heterocycles. The van der Waals surface area contributed by atoms with Crippen LogP contribution in [-0.4, -0.2) is 28.9 Å². The number of benzene rings is 1. The van der Waals surface area contributed by atoms with E-state index in [4.69, 9.17) is 0 Å². The molecule has 1 heterocycles. The van der Waals surface area contributed by atoms with E-state index in [0.29, 0.717) is 23.0 Å². The average molecular weight is 308 g/mol. The Bertz CT molecular complexity index is 735. The maximum absolute atomic E-state index is 12.1. The molecule has 1 N–H and O–H groups in total. The van der Waals surface area contributed by atoms with Gasteiger partial charge < -0.3 is 0 Å². The first-order valence-corrected chi connectivity index (χ1v) is 8.44. The van der Waals surface area contributed by atoms with Crippen LogP contribution in [0.2, 0.25) is 0 Å². The Hall–Kier alpha value is -1.89. The zero-order valence-corrected chi connectivity index (χ0v) is 13.5. The molecular weight excluding hydrogens is 288 g/mol. The first-order valence-electron chi connectivity index (χ1n) is 6.78. The lowest BCUT2D eigenvalue weighted by molar-refractivity contribution is 0.587. The van der Waals surface area contributed by atoms with Gasteiger partial charge in [0.2, 0.25) is 10.0 Å². The van der Waals surface area contributed by atoms with E-state index in [9.17, 15) is 8.42 Å². The number of sulfonamides is 1. The molecule has 7 heteroatoms. The Balaban J connectivity index is 2.41. The molecule has 2 rings (SSSR count). The molecule has 0 spiro atoms. The predicted octanol–water partition coefficient (Wildman–Crippen LogP) is 2.28. The van der Waals surface area contributed by atoms with E-state index in [0.717, 1.165) is 0 Å². The Morgan fingerprint density at radius 3 is 2.48 bits per heavy atom. The molecule has 1 aromatic heterocycles. The van der Waals surface area contributed by atoms with Gasteiger partial charge in [0.1, 0.15) is 11.6 Å². The van der Waals surface area contributed by atoms with Crippen LogP contribution in [0.5, 0.6) is 0 Å². The summed E-state index contributed by atoms with van der Waals surface area (Å²) in [6.45, 7) is 7.38. The molecule has 0 aliphatic rings. The van der Waals surface area contributed by atoms with Gasteiger partial charge >= 0.3 is 0 Å². The van der Waals surface area contributed by atoms with Gasteiger partial charge in [-0.1, -0.05) is 26.0 Å². The second kappa shape index (κ2) is 5.85. The van der Waals surface area contributed by atoms with Gasteiger partial charge in [-0.05, 0) is 31.9 Å². The molecule has 114 valence electrons. The number of para-hydroxylation sites is 2. The molecule has 0 fully saturated rings. The standard InChI is InChI=1S/C14H20N4O2S/c1-10(2)9-21(19,20)17-13-7-5-6-8-14(13)18-12(4)15-11(3)16-18/h5-8,10,17H,9H2,1-4H3. The van der Waals surface area contributed by atoms with Crippen molar-refractivity contribution in [1.29, 1.82) is 0 Å². The molecular formula is C14H20N4O2S. The number of anilines is 1. The van der Waals surface area contributed by atoms with Crippen molar-refractivity contribution in [1.82, 2.24) is 14.8 Å². The maximum atomic E-state index is 12.1. The highest BCUT2D eigenvalue weighted by molar-refractivity contribution is 7.92. The van der Waals surface area contributed by atoms with Gasteiger partial charge in [-0.2, -0.15) is 5.10 Å². The van der Waals surface area contributed by atoms with Crippen LogP contribution in [0, 0.1) is 19.8 Å². The summed E-state index contributed by atoms with van der Waals surface area (Å²) in [5, 5.41) is 4.30. The molecule has 6 nitrogen and oxygen atoms in total. The zero-order valence-electron chi connectivity index (χ0n) is 12.7. The summed E-state index contributed by atoms with van der Waals surface area (Å²) >= 11 is 0. The van der Waals surface area contributed by atoms with E-state index in [1.807, 2.05) is 32.9 Å². The largest absolute Gasteiger partial charge is 0.281 e. The third-order valence-electron chi connectivity index (χ3n) is 2.83. The van der Waals surface area contributed by atoms with Crippen molar-refractivity contribution in [3.8, 4) is 5.69 Å². The number of aryl methyl sites for hydroxylation is 2. The number of hydrogen-bond donors (Lipinski definition) is 1. The fourth-order valence-electron chi connectivity index (χ4n) is 2.14. The average Bonchev–Trinajstić information content (AvgIpc) is 2.66. The quantitative estimate of drug-likeness (QED) is 0.919. The Morgan fingerprint density at radius 1 is 1.24 bits per heavy atom. The first kappa shape index (κ1) is 15.5. The lowest BCUT2D eigenvalue weighted by Gasteiger charge is -2.14. The van der Waals surface area contributed by atoms with E-state index in [-0.39, 0.29) is 11.7 Å². The summed E-state index contributed by atoms with van der Waals surface area (Å²) in [6, 6.07) is 7.17. The molecule has 1 aromatic carbocycles. The molecule has 0 bridgehead atoms. The normalized spacial score (nSPS) is 11.9. The SMILES string of the molecule is Cc1nc(C)n(-c2ccccc2NS(=O)(=O)CC(C)C)n1. The second-order valence-corrected chi connectivity index (χ2v) is 7.18. The minimum atomic E-state index is -3.38. The Kier molecular flexibility index (Phi) is 4.32. The van der Waals surface area contributed by atoms with Crippen molar-refractivity contribution < 1.29 is 8.42 Å². The fourth-order valence-corrected chi connectivity index (χ4v) is 3.61. The third kappa shape index (κ3) is 3.81. The van der Waals surface area contributed by atoms with Gasteiger partial charge in [-0.25, -0.2) is 18.1 Å². The molecule has 0 amide bonds. The molecule has 0 unspecified atom stereocenters.